The molecule has 0 bridgehead atoms. The number of rotatable bonds is 4. The van der Waals surface area contributed by atoms with E-state index in [1.54, 1.807) is 0 Å². The van der Waals surface area contributed by atoms with E-state index < -0.39 is 0 Å². The number of nitrogens with zero attached hydrogens (tertiary/aromatic N) is 1. The van der Waals surface area contributed by atoms with Gasteiger partial charge in [0, 0.05) is 25.3 Å². The maximum atomic E-state index is 12.0. The predicted octanol–water partition coefficient (Wildman–Crippen LogP) is 0.356. The molecule has 2 rings (SSSR count). The molecular formula is C14H27N3O2. The van der Waals surface area contributed by atoms with Crippen LogP contribution in [0, 0.1) is 0 Å². The third kappa shape index (κ3) is 5.09. The summed E-state index contributed by atoms with van der Waals surface area (Å²) >= 11 is 0. The number of carbonyl (C=O) groups excluding carboxylic acids is 1. The fourth-order valence-corrected chi connectivity index (χ4v) is 2.91. The van der Waals surface area contributed by atoms with Crippen LogP contribution in [0.1, 0.15) is 32.1 Å². The van der Waals surface area contributed by atoms with Crippen LogP contribution in [0.3, 0.4) is 0 Å². The molecule has 5 heteroatoms. The molecular weight excluding hydrogens is 242 g/mol. The predicted molar refractivity (Wildman–Crippen MR) is 75.1 cm³/mol. The van der Waals surface area contributed by atoms with Crippen molar-refractivity contribution in [3.63, 3.8) is 0 Å². The minimum Gasteiger partial charge on any atom is -0.381 e. The first kappa shape index (κ1) is 14.8. The van der Waals surface area contributed by atoms with Crippen molar-refractivity contribution in [3.05, 3.63) is 0 Å². The Bertz CT molecular complexity index is 272. The van der Waals surface area contributed by atoms with E-state index in [2.05, 4.69) is 22.6 Å². The zero-order valence-electron chi connectivity index (χ0n) is 12.0. The van der Waals surface area contributed by atoms with Crippen molar-refractivity contribution < 1.29 is 9.53 Å². The zero-order chi connectivity index (χ0) is 13.5. The molecule has 19 heavy (non-hydrogen) atoms. The molecule has 0 spiro atoms. The Labute approximate surface area is 116 Å². The highest BCUT2D eigenvalue weighted by atomic mass is 16.5. The van der Waals surface area contributed by atoms with Crippen molar-refractivity contribution >= 4 is 5.91 Å². The van der Waals surface area contributed by atoms with Crippen LogP contribution in [0.5, 0.6) is 0 Å². The Kier molecular flexibility index (Phi) is 6.07. The topological polar surface area (TPSA) is 53.6 Å². The van der Waals surface area contributed by atoms with Crippen molar-refractivity contribution in [3.8, 4) is 0 Å². The largest absolute Gasteiger partial charge is 0.381 e. The standard InChI is InChI=1S/C14H27N3O2/c1-17(13-3-2-7-15-8-4-13)11-14(18)16-12-5-9-19-10-6-12/h12-13,15H,2-11H2,1H3,(H,16,18). The number of amides is 1. The van der Waals surface area contributed by atoms with E-state index in [9.17, 15) is 4.79 Å². The van der Waals surface area contributed by atoms with Crippen molar-refractivity contribution in [2.75, 3.05) is 39.9 Å². The summed E-state index contributed by atoms with van der Waals surface area (Å²) in [4.78, 5) is 14.3. The molecule has 110 valence electrons. The molecule has 0 radical (unpaired) electrons. The Hall–Kier alpha value is -0.650. The number of nitrogens with one attached hydrogen (secondary N) is 2. The second-order valence-electron chi connectivity index (χ2n) is 5.70. The molecule has 2 heterocycles. The summed E-state index contributed by atoms with van der Waals surface area (Å²) in [6, 6.07) is 0.848. The first-order valence-electron chi connectivity index (χ1n) is 7.54. The van der Waals surface area contributed by atoms with Gasteiger partial charge in [0.15, 0.2) is 0 Å². The van der Waals surface area contributed by atoms with Gasteiger partial charge in [0.05, 0.1) is 6.54 Å². The van der Waals surface area contributed by atoms with E-state index in [4.69, 9.17) is 4.74 Å². The van der Waals surface area contributed by atoms with Gasteiger partial charge >= 0.3 is 0 Å². The van der Waals surface area contributed by atoms with Gasteiger partial charge in [-0.05, 0) is 52.2 Å². The van der Waals surface area contributed by atoms with Crippen molar-refractivity contribution in [2.45, 2.75) is 44.2 Å². The van der Waals surface area contributed by atoms with Gasteiger partial charge in [-0.2, -0.15) is 0 Å². The van der Waals surface area contributed by atoms with E-state index in [1.807, 2.05) is 0 Å². The molecule has 1 unspecified atom stereocenters. The van der Waals surface area contributed by atoms with E-state index in [-0.39, 0.29) is 5.91 Å². The van der Waals surface area contributed by atoms with E-state index in [0.717, 1.165) is 45.6 Å². The van der Waals surface area contributed by atoms with Crippen LogP contribution in [0.15, 0.2) is 0 Å². The van der Waals surface area contributed by atoms with E-state index in [0.29, 0.717) is 18.6 Å². The molecule has 0 aromatic rings. The van der Waals surface area contributed by atoms with Gasteiger partial charge in [0.25, 0.3) is 0 Å². The number of carbonyl (C=O) groups is 1. The first-order chi connectivity index (χ1) is 9.25. The molecule has 1 atom stereocenters. The molecule has 2 fully saturated rings. The highest BCUT2D eigenvalue weighted by Gasteiger charge is 2.21. The number of hydrogen-bond acceptors (Lipinski definition) is 4. The monoisotopic (exact) mass is 269 g/mol. The molecule has 2 aliphatic rings. The molecule has 2 aliphatic heterocycles. The van der Waals surface area contributed by atoms with Gasteiger partial charge in [-0.15, -0.1) is 0 Å². The summed E-state index contributed by atoms with van der Waals surface area (Å²) in [6.07, 6.45) is 5.43. The van der Waals surface area contributed by atoms with Gasteiger partial charge in [0.2, 0.25) is 5.91 Å². The van der Waals surface area contributed by atoms with Crippen LogP contribution in [-0.2, 0) is 9.53 Å². The highest BCUT2D eigenvalue weighted by Crippen LogP contribution is 2.11. The minimum absolute atomic E-state index is 0.159. The number of likely N-dealkylation sites (N-methyl/N-ethyl adjacent to an activating group) is 1. The second kappa shape index (κ2) is 7.82. The first-order valence-corrected chi connectivity index (χ1v) is 7.54. The van der Waals surface area contributed by atoms with Crippen LogP contribution in [-0.4, -0.2) is 62.8 Å². The fraction of sp³-hybridized carbons (Fsp3) is 0.929. The van der Waals surface area contributed by atoms with Crippen LogP contribution in [0.4, 0.5) is 0 Å². The Morgan fingerprint density at radius 3 is 2.84 bits per heavy atom. The molecule has 0 saturated carbocycles. The van der Waals surface area contributed by atoms with Crippen LogP contribution in [0.2, 0.25) is 0 Å². The molecule has 2 saturated heterocycles. The molecule has 2 N–H and O–H groups in total. The maximum absolute atomic E-state index is 12.0. The SMILES string of the molecule is CN(CC(=O)NC1CCOCC1)C1CCCNCC1. The third-order valence-corrected chi connectivity index (χ3v) is 4.15. The van der Waals surface area contributed by atoms with Crippen LogP contribution in [0.25, 0.3) is 0 Å². The zero-order valence-corrected chi connectivity index (χ0v) is 12.0. The lowest BCUT2D eigenvalue weighted by atomic mass is 10.1. The minimum atomic E-state index is 0.159. The summed E-state index contributed by atoms with van der Waals surface area (Å²) in [6.45, 7) is 4.24. The lowest BCUT2D eigenvalue weighted by Crippen LogP contribution is -2.45. The maximum Gasteiger partial charge on any atom is 0.234 e. The molecule has 0 aliphatic carbocycles. The highest BCUT2D eigenvalue weighted by molar-refractivity contribution is 5.78. The summed E-state index contributed by atoms with van der Waals surface area (Å²) in [5, 5.41) is 6.54. The van der Waals surface area contributed by atoms with Gasteiger partial charge in [0.1, 0.15) is 0 Å². The summed E-state index contributed by atoms with van der Waals surface area (Å²) < 4.78 is 5.30. The van der Waals surface area contributed by atoms with Gasteiger partial charge < -0.3 is 15.4 Å². The van der Waals surface area contributed by atoms with Crippen molar-refractivity contribution in [2.24, 2.45) is 0 Å². The summed E-state index contributed by atoms with van der Waals surface area (Å²) in [5.41, 5.74) is 0. The smallest absolute Gasteiger partial charge is 0.234 e. The van der Waals surface area contributed by atoms with E-state index in [1.165, 1.54) is 12.8 Å². The average molecular weight is 269 g/mol. The van der Waals surface area contributed by atoms with Gasteiger partial charge in [-0.3, -0.25) is 9.69 Å². The Balaban J connectivity index is 1.70. The summed E-state index contributed by atoms with van der Waals surface area (Å²) in [7, 11) is 2.07. The lowest BCUT2D eigenvalue weighted by molar-refractivity contribution is -0.123. The van der Waals surface area contributed by atoms with Gasteiger partial charge in [-0.1, -0.05) is 0 Å². The van der Waals surface area contributed by atoms with Crippen molar-refractivity contribution in [1.29, 1.82) is 0 Å². The average Bonchev–Trinajstić information content (AvgIpc) is 2.68. The number of ether oxygens (including phenoxy) is 1. The third-order valence-electron chi connectivity index (χ3n) is 4.15. The molecule has 5 nitrogen and oxygen atoms in total. The fourth-order valence-electron chi connectivity index (χ4n) is 2.91. The van der Waals surface area contributed by atoms with E-state index >= 15 is 0 Å². The number of hydrogen-bond donors (Lipinski definition) is 2. The Morgan fingerprint density at radius 2 is 2.05 bits per heavy atom. The van der Waals surface area contributed by atoms with Crippen molar-refractivity contribution in [1.82, 2.24) is 15.5 Å². The Morgan fingerprint density at radius 1 is 1.26 bits per heavy atom. The quantitative estimate of drug-likeness (QED) is 0.773. The van der Waals surface area contributed by atoms with Crippen LogP contribution < -0.4 is 10.6 Å². The molecule has 1 amide bonds. The second-order valence-corrected chi connectivity index (χ2v) is 5.70. The lowest BCUT2D eigenvalue weighted by Gasteiger charge is -2.28. The van der Waals surface area contributed by atoms with Crippen LogP contribution >= 0.6 is 0 Å². The van der Waals surface area contributed by atoms with Gasteiger partial charge in [-0.25, -0.2) is 0 Å². The normalized spacial score (nSPS) is 26.1. The molecule has 0 aromatic heterocycles. The molecule has 0 aromatic carbocycles. The summed E-state index contributed by atoms with van der Waals surface area (Å²) in [5.74, 6) is 0.159.